The zero-order chi connectivity index (χ0) is 20.8. The summed E-state index contributed by atoms with van der Waals surface area (Å²) >= 11 is 0. The molecule has 0 bridgehead atoms. The molecule has 0 atom stereocenters. The van der Waals surface area contributed by atoms with Gasteiger partial charge in [0.05, 0.1) is 11.3 Å². The lowest BCUT2D eigenvalue weighted by Gasteiger charge is -2.29. The van der Waals surface area contributed by atoms with E-state index in [4.69, 9.17) is 14.2 Å². The van der Waals surface area contributed by atoms with E-state index in [1.165, 1.54) is 20.0 Å². The second kappa shape index (κ2) is 6.66. The standard InChI is InChI=1S/C21H18N2O6/c1-11-4-6-17-15(8-11)23-18(24)13-9-12(5-7-16(13)27-17)22-10-14-19(25)28-21(2,3)29-20(14)26/h4-10,22H,1-3H3,(H,23,24). The Labute approximate surface area is 166 Å². The summed E-state index contributed by atoms with van der Waals surface area (Å²) in [4.78, 5) is 36.7. The maximum Gasteiger partial charge on any atom is 0.350 e. The third kappa shape index (κ3) is 3.64. The number of aryl methyl sites for hydroxylation is 1. The maximum absolute atomic E-state index is 12.6. The number of anilines is 2. The number of cyclic esters (lactones) is 2. The predicted octanol–water partition coefficient (Wildman–Crippen LogP) is 3.48. The molecule has 1 saturated heterocycles. The Balaban J connectivity index is 1.59. The first kappa shape index (κ1) is 18.5. The highest BCUT2D eigenvalue weighted by Crippen LogP contribution is 2.37. The molecule has 0 aromatic heterocycles. The van der Waals surface area contributed by atoms with Crippen LogP contribution in [0.4, 0.5) is 11.4 Å². The van der Waals surface area contributed by atoms with Crippen molar-refractivity contribution in [2.24, 2.45) is 0 Å². The molecule has 4 rings (SSSR count). The van der Waals surface area contributed by atoms with E-state index in [1.54, 1.807) is 24.3 Å². The van der Waals surface area contributed by atoms with Crippen molar-refractivity contribution < 1.29 is 28.6 Å². The minimum atomic E-state index is -1.31. The van der Waals surface area contributed by atoms with Gasteiger partial charge in [-0.3, -0.25) is 4.79 Å². The number of amides is 1. The van der Waals surface area contributed by atoms with Crippen molar-refractivity contribution in [3.8, 4) is 11.5 Å². The Morgan fingerprint density at radius 3 is 2.38 bits per heavy atom. The number of hydrogen-bond acceptors (Lipinski definition) is 7. The van der Waals surface area contributed by atoms with Gasteiger partial charge in [-0.05, 0) is 42.8 Å². The first-order valence-corrected chi connectivity index (χ1v) is 8.89. The van der Waals surface area contributed by atoms with E-state index in [0.29, 0.717) is 28.4 Å². The second-order valence-corrected chi connectivity index (χ2v) is 7.15. The van der Waals surface area contributed by atoms with Crippen molar-refractivity contribution in [2.75, 3.05) is 10.6 Å². The first-order valence-electron chi connectivity index (χ1n) is 8.89. The van der Waals surface area contributed by atoms with Crippen molar-refractivity contribution >= 4 is 29.2 Å². The Morgan fingerprint density at radius 1 is 0.966 bits per heavy atom. The number of nitrogens with one attached hydrogen (secondary N) is 2. The van der Waals surface area contributed by atoms with E-state index in [2.05, 4.69) is 10.6 Å². The van der Waals surface area contributed by atoms with Crippen LogP contribution >= 0.6 is 0 Å². The molecule has 0 spiro atoms. The van der Waals surface area contributed by atoms with Crippen LogP contribution in [-0.2, 0) is 19.1 Å². The summed E-state index contributed by atoms with van der Waals surface area (Å²) in [7, 11) is 0. The molecule has 2 N–H and O–H groups in total. The normalized spacial score (nSPS) is 16.9. The van der Waals surface area contributed by atoms with Crippen molar-refractivity contribution in [1.82, 2.24) is 0 Å². The van der Waals surface area contributed by atoms with Crippen LogP contribution < -0.4 is 15.4 Å². The van der Waals surface area contributed by atoms with Crippen molar-refractivity contribution in [2.45, 2.75) is 26.6 Å². The average Bonchev–Trinajstić information content (AvgIpc) is 2.75. The molecule has 0 aliphatic carbocycles. The van der Waals surface area contributed by atoms with Crippen LogP contribution in [0, 0.1) is 6.92 Å². The Morgan fingerprint density at radius 2 is 1.66 bits per heavy atom. The smallest absolute Gasteiger partial charge is 0.350 e. The molecule has 8 heteroatoms. The minimum absolute atomic E-state index is 0.275. The van der Waals surface area contributed by atoms with Gasteiger partial charge in [0.15, 0.2) is 11.3 Å². The number of ether oxygens (including phenoxy) is 3. The van der Waals surface area contributed by atoms with Gasteiger partial charge in [-0.1, -0.05) is 6.07 Å². The van der Waals surface area contributed by atoms with Crippen LogP contribution in [0.25, 0.3) is 0 Å². The lowest BCUT2D eigenvalue weighted by Crippen LogP contribution is -2.42. The molecule has 2 aromatic carbocycles. The quantitative estimate of drug-likeness (QED) is 0.457. The fourth-order valence-electron chi connectivity index (χ4n) is 2.96. The number of hydrogen-bond donors (Lipinski definition) is 2. The van der Waals surface area contributed by atoms with Gasteiger partial charge in [-0.15, -0.1) is 0 Å². The number of rotatable bonds is 2. The minimum Gasteiger partial charge on any atom is -0.454 e. The Bertz CT molecular complexity index is 1060. The summed E-state index contributed by atoms with van der Waals surface area (Å²) in [6.07, 6.45) is 1.19. The SMILES string of the molecule is Cc1ccc2c(c1)NC(=O)c1cc(NC=C3C(=O)OC(C)(C)OC3=O)ccc1O2. The molecular formula is C21H18N2O6. The number of carbonyl (C=O) groups is 3. The van der Waals surface area contributed by atoms with Gasteiger partial charge >= 0.3 is 11.9 Å². The van der Waals surface area contributed by atoms with Gasteiger partial charge in [-0.25, -0.2) is 9.59 Å². The van der Waals surface area contributed by atoms with Crippen molar-refractivity contribution in [1.29, 1.82) is 0 Å². The fourth-order valence-corrected chi connectivity index (χ4v) is 2.96. The summed E-state index contributed by atoms with van der Waals surface area (Å²) in [6.45, 7) is 4.86. The zero-order valence-electron chi connectivity index (χ0n) is 16.0. The molecule has 2 aliphatic heterocycles. The summed E-state index contributed by atoms with van der Waals surface area (Å²) in [5.41, 5.74) is 2.07. The number of benzene rings is 2. The van der Waals surface area contributed by atoms with Crippen molar-refractivity contribution in [3.05, 3.63) is 59.3 Å². The van der Waals surface area contributed by atoms with Crippen molar-refractivity contribution in [3.63, 3.8) is 0 Å². The lowest BCUT2D eigenvalue weighted by molar-refractivity contribution is -0.222. The lowest BCUT2D eigenvalue weighted by atomic mass is 10.1. The average molecular weight is 394 g/mol. The predicted molar refractivity (Wildman–Crippen MR) is 104 cm³/mol. The molecule has 0 saturated carbocycles. The molecular weight excluding hydrogens is 376 g/mol. The topological polar surface area (TPSA) is 103 Å². The number of fused-ring (bicyclic) bond motifs is 2. The van der Waals surface area contributed by atoms with Crippen LogP contribution in [0.3, 0.4) is 0 Å². The third-order valence-electron chi connectivity index (χ3n) is 4.33. The van der Waals surface area contributed by atoms with E-state index >= 15 is 0 Å². The van der Waals surface area contributed by atoms with E-state index in [-0.39, 0.29) is 11.5 Å². The van der Waals surface area contributed by atoms with Gasteiger partial charge in [0.1, 0.15) is 5.75 Å². The molecule has 0 radical (unpaired) electrons. The number of esters is 2. The van der Waals surface area contributed by atoms with E-state index in [0.717, 1.165) is 5.56 Å². The van der Waals surface area contributed by atoms with Crippen LogP contribution in [0.15, 0.2) is 48.2 Å². The highest BCUT2D eigenvalue weighted by atomic mass is 16.7. The zero-order valence-corrected chi connectivity index (χ0v) is 16.0. The third-order valence-corrected chi connectivity index (χ3v) is 4.33. The summed E-state index contributed by atoms with van der Waals surface area (Å²) in [6, 6.07) is 10.4. The van der Waals surface area contributed by atoms with Gasteiger partial charge in [0.2, 0.25) is 0 Å². The highest BCUT2D eigenvalue weighted by Gasteiger charge is 2.39. The molecule has 1 amide bonds. The largest absolute Gasteiger partial charge is 0.454 e. The molecule has 2 aromatic rings. The van der Waals surface area contributed by atoms with Crippen LogP contribution in [0.1, 0.15) is 29.8 Å². The monoisotopic (exact) mass is 394 g/mol. The van der Waals surface area contributed by atoms with Gasteiger partial charge in [-0.2, -0.15) is 0 Å². The Hall–Kier alpha value is -3.81. The molecule has 148 valence electrons. The molecule has 2 heterocycles. The van der Waals surface area contributed by atoms with Gasteiger partial charge in [0.25, 0.3) is 11.7 Å². The van der Waals surface area contributed by atoms with Gasteiger partial charge < -0.3 is 24.8 Å². The van der Waals surface area contributed by atoms with E-state index < -0.39 is 17.7 Å². The maximum atomic E-state index is 12.6. The molecule has 1 fully saturated rings. The highest BCUT2D eigenvalue weighted by molar-refractivity contribution is 6.15. The van der Waals surface area contributed by atoms with Gasteiger partial charge in [0, 0.05) is 25.7 Å². The van der Waals surface area contributed by atoms with Crippen LogP contribution in [0.5, 0.6) is 11.5 Å². The summed E-state index contributed by atoms with van der Waals surface area (Å²) in [5.74, 6) is -2.29. The molecule has 0 unspecified atom stereocenters. The fraction of sp³-hybridized carbons (Fsp3) is 0.190. The molecule has 29 heavy (non-hydrogen) atoms. The second-order valence-electron chi connectivity index (χ2n) is 7.15. The van der Waals surface area contributed by atoms with Crippen LogP contribution in [-0.4, -0.2) is 23.6 Å². The first-order chi connectivity index (χ1) is 13.7. The number of carbonyl (C=O) groups excluding carboxylic acids is 3. The van der Waals surface area contributed by atoms with E-state index in [1.807, 2.05) is 19.1 Å². The van der Waals surface area contributed by atoms with E-state index in [9.17, 15) is 14.4 Å². The molecule has 2 aliphatic rings. The Kier molecular flexibility index (Phi) is 4.26. The molecule has 8 nitrogen and oxygen atoms in total. The van der Waals surface area contributed by atoms with Crippen LogP contribution in [0.2, 0.25) is 0 Å². The summed E-state index contributed by atoms with van der Waals surface area (Å²) < 4.78 is 15.9. The summed E-state index contributed by atoms with van der Waals surface area (Å²) in [5, 5.41) is 5.64.